The topological polar surface area (TPSA) is 58.1 Å². The molecule has 0 spiro atoms. The minimum atomic E-state index is 0.0275. The van der Waals surface area contributed by atoms with Gasteiger partial charge < -0.3 is 10.2 Å². The number of hydrogen-bond donors (Lipinski definition) is 1. The Balaban J connectivity index is 2.12. The van der Waals surface area contributed by atoms with Crippen molar-refractivity contribution < 1.29 is 4.79 Å². The Morgan fingerprint density at radius 3 is 2.90 bits per heavy atom. The molecule has 1 atom stereocenters. The van der Waals surface area contributed by atoms with Gasteiger partial charge in [0.2, 0.25) is 0 Å². The summed E-state index contributed by atoms with van der Waals surface area (Å²) in [6.45, 7) is 10.8. The van der Waals surface area contributed by atoms with Crippen LogP contribution in [-0.4, -0.2) is 40.4 Å². The van der Waals surface area contributed by atoms with E-state index < -0.39 is 0 Å². The van der Waals surface area contributed by atoms with Crippen LogP contribution < -0.4 is 5.32 Å². The van der Waals surface area contributed by atoms with Gasteiger partial charge >= 0.3 is 0 Å². The van der Waals surface area contributed by atoms with Gasteiger partial charge in [0.1, 0.15) is 17.3 Å². The van der Waals surface area contributed by atoms with E-state index in [1.54, 1.807) is 6.07 Å². The third-order valence-corrected chi connectivity index (χ3v) is 3.69. The highest BCUT2D eigenvalue weighted by Gasteiger charge is 2.23. The van der Waals surface area contributed by atoms with Crippen LogP contribution >= 0.6 is 0 Å². The van der Waals surface area contributed by atoms with Crippen molar-refractivity contribution in [2.45, 2.75) is 40.5 Å². The molecule has 0 radical (unpaired) electrons. The molecule has 0 aliphatic carbocycles. The van der Waals surface area contributed by atoms with E-state index in [2.05, 4.69) is 36.1 Å². The highest BCUT2D eigenvalue weighted by molar-refractivity contribution is 5.93. The lowest BCUT2D eigenvalue weighted by Crippen LogP contribution is -2.39. The number of anilines is 1. The summed E-state index contributed by atoms with van der Waals surface area (Å²) in [6.07, 6.45) is 2.28. The molecule has 1 aliphatic heterocycles. The first-order valence-corrected chi connectivity index (χ1v) is 7.84. The van der Waals surface area contributed by atoms with E-state index in [0.717, 1.165) is 31.9 Å². The summed E-state index contributed by atoms with van der Waals surface area (Å²) in [4.78, 5) is 23.2. The maximum Gasteiger partial charge on any atom is 0.272 e. The van der Waals surface area contributed by atoms with Gasteiger partial charge in [-0.15, -0.1) is 0 Å². The van der Waals surface area contributed by atoms with Gasteiger partial charge in [-0.25, -0.2) is 9.97 Å². The first-order valence-electron chi connectivity index (χ1n) is 7.84. The molecule has 21 heavy (non-hydrogen) atoms. The van der Waals surface area contributed by atoms with Crippen LogP contribution in [0.2, 0.25) is 0 Å². The molecule has 1 amide bonds. The van der Waals surface area contributed by atoms with Gasteiger partial charge in [0.05, 0.1) is 0 Å². The average Bonchev–Trinajstić information content (AvgIpc) is 2.43. The first kappa shape index (κ1) is 15.7. The van der Waals surface area contributed by atoms with E-state index in [4.69, 9.17) is 0 Å². The standard InChI is InChI=1S/C16H26N4O/c1-11(2)9-17-15-8-14(18-13(4)19-15)16(21)20-7-5-6-12(3)10-20/h8,11-12H,5-7,9-10H2,1-4H3,(H,17,18,19). The van der Waals surface area contributed by atoms with Gasteiger partial charge in [0, 0.05) is 25.7 Å². The summed E-state index contributed by atoms with van der Waals surface area (Å²) < 4.78 is 0. The summed E-state index contributed by atoms with van der Waals surface area (Å²) >= 11 is 0. The number of carbonyl (C=O) groups excluding carboxylic acids is 1. The van der Waals surface area contributed by atoms with Gasteiger partial charge in [-0.2, -0.15) is 0 Å². The Morgan fingerprint density at radius 1 is 1.48 bits per heavy atom. The molecule has 1 aromatic rings. The molecular weight excluding hydrogens is 264 g/mol. The van der Waals surface area contributed by atoms with E-state index in [-0.39, 0.29) is 5.91 Å². The fourth-order valence-electron chi connectivity index (χ4n) is 2.61. The molecule has 1 fully saturated rings. The van der Waals surface area contributed by atoms with Crippen molar-refractivity contribution in [3.8, 4) is 0 Å². The van der Waals surface area contributed by atoms with Crippen LogP contribution in [0.15, 0.2) is 6.07 Å². The number of nitrogens with zero attached hydrogens (tertiary/aromatic N) is 3. The van der Waals surface area contributed by atoms with Crippen LogP contribution in [0, 0.1) is 18.8 Å². The number of aryl methyl sites for hydroxylation is 1. The van der Waals surface area contributed by atoms with Crippen LogP contribution in [0.5, 0.6) is 0 Å². The number of aromatic nitrogens is 2. The third-order valence-electron chi connectivity index (χ3n) is 3.69. The predicted molar refractivity (Wildman–Crippen MR) is 84.4 cm³/mol. The number of rotatable bonds is 4. The minimum Gasteiger partial charge on any atom is -0.370 e. The molecule has 1 aliphatic rings. The lowest BCUT2D eigenvalue weighted by atomic mass is 10.00. The highest BCUT2D eigenvalue weighted by Crippen LogP contribution is 2.18. The summed E-state index contributed by atoms with van der Waals surface area (Å²) in [5.41, 5.74) is 0.503. The van der Waals surface area contributed by atoms with E-state index in [1.807, 2.05) is 11.8 Å². The third kappa shape index (κ3) is 4.41. The quantitative estimate of drug-likeness (QED) is 0.926. The molecule has 1 saturated heterocycles. The number of hydrogen-bond acceptors (Lipinski definition) is 4. The number of amides is 1. The van der Waals surface area contributed by atoms with Crippen LogP contribution in [-0.2, 0) is 0 Å². The Morgan fingerprint density at radius 2 is 2.24 bits per heavy atom. The van der Waals surface area contributed by atoms with Gasteiger partial charge in [-0.1, -0.05) is 20.8 Å². The fraction of sp³-hybridized carbons (Fsp3) is 0.688. The molecule has 2 rings (SSSR count). The van der Waals surface area contributed by atoms with Crippen molar-refractivity contribution in [3.63, 3.8) is 0 Å². The van der Waals surface area contributed by atoms with Crippen LogP contribution in [0.1, 0.15) is 49.9 Å². The van der Waals surface area contributed by atoms with Crippen molar-refractivity contribution in [1.82, 2.24) is 14.9 Å². The Kier molecular flexibility index (Phi) is 5.15. The van der Waals surface area contributed by atoms with Gasteiger partial charge in [0.15, 0.2) is 0 Å². The molecule has 0 bridgehead atoms. The Labute approximate surface area is 127 Å². The van der Waals surface area contributed by atoms with Crippen molar-refractivity contribution in [2.24, 2.45) is 11.8 Å². The summed E-state index contributed by atoms with van der Waals surface area (Å²) in [6, 6.07) is 1.77. The second kappa shape index (κ2) is 6.87. The predicted octanol–water partition coefficient (Wildman–Crippen LogP) is 2.73. The van der Waals surface area contributed by atoms with Gasteiger partial charge in [-0.3, -0.25) is 4.79 Å². The molecule has 1 aromatic heterocycles. The lowest BCUT2D eigenvalue weighted by molar-refractivity contribution is 0.0676. The van der Waals surface area contributed by atoms with Gasteiger partial charge in [-0.05, 0) is 31.6 Å². The zero-order chi connectivity index (χ0) is 15.4. The highest BCUT2D eigenvalue weighted by atomic mass is 16.2. The molecule has 2 heterocycles. The zero-order valence-electron chi connectivity index (χ0n) is 13.5. The number of piperidine rings is 1. The van der Waals surface area contributed by atoms with E-state index >= 15 is 0 Å². The average molecular weight is 290 g/mol. The molecule has 1 N–H and O–H groups in total. The molecule has 0 aromatic carbocycles. The zero-order valence-corrected chi connectivity index (χ0v) is 13.5. The monoisotopic (exact) mass is 290 g/mol. The van der Waals surface area contributed by atoms with Crippen LogP contribution in [0.3, 0.4) is 0 Å². The second-order valence-corrected chi connectivity index (χ2v) is 6.46. The van der Waals surface area contributed by atoms with Crippen LogP contribution in [0.25, 0.3) is 0 Å². The molecule has 5 nitrogen and oxygen atoms in total. The van der Waals surface area contributed by atoms with E-state index in [1.165, 1.54) is 6.42 Å². The SMILES string of the molecule is Cc1nc(NCC(C)C)cc(C(=O)N2CCCC(C)C2)n1. The fourth-order valence-corrected chi connectivity index (χ4v) is 2.61. The largest absolute Gasteiger partial charge is 0.370 e. The van der Waals surface area contributed by atoms with Crippen molar-refractivity contribution in [2.75, 3.05) is 25.0 Å². The van der Waals surface area contributed by atoms with Crippen molar-refractivity contribution in [1.29, 1.82) is 0 Å². The Hall–Kier alpha value is -1.65. The summed E-state index contributed by atoms with van der Waals surface area (Å²) in [5.74, 6) is 2.51. The van der Waals surface area contributed by atoms with Crippen molar-refractivity contribution in [3.05, 3.63) is 17.6 Å². The van der Waals surface area contributed by atoms with Gasteiger partial charge in [0.25, 0.3) is 5.91 Å². The second-order valence-electron chi connectivity index (χ2n) is 6.46. The van der Waals surface area contributed by atoms with Crippen molar-refractivity contribution >= 4 is 11.7 Å². The smallest absolute Gasteiger partial charge is 0.272 e. The molecular formula is C16H26N4O. The molecule has 1 unspecified atom stereocenters. The minimum absolute atomic E-state index is 0.0275. The maximum atomic E-state index is 12.6. The molecule has 5 heteroatoms. The number of nitrogens with one attached hydrogen (secondary N) is 1. The Bertz CT molecular complexity index is 501. The normalized spacial score (nSPS) is 18.9. The summed E-state index contributed by atoms with van der Waals surface area (Å²) in [5, 5.41) is 3.27. The number of likely N-dealkylation sites (tertiary alicyclic amines) is 1. The maximum absolute atomic E-state index is 12.6. The van der Waals surface area contributed by atoms with E-state index in [9.17, 15) is 4.79 Å². The molecule has 0 saturated carbocycles. The lowest BCUT2D eigenvalue weighted by Gasteiger charge is -2.30. The van der Waals surface area contributed by atoms with Crippen LogP contribution in [0.4, 0.5) is 5.82 Å². The number of carbonyl (C=O) groups is 1. The summed E-state index contributed by atoms with van der Waals surface area (Å²) in [7, 11) is 0. The molecule has 116 valence electrons. The van der Waals surface area contributed by atoms with E-state index in [0.29, 0.717) is 23.4 Å². The first-order chi connectivity index (χ1) is 9.95.